The molecule has 0 aromatic heterocycles. The number of hydrogen-bond acceptors (Lipinski definition) is 4. The van der Waals surface area contributed by atoms with Crippen molar-refractivity contribution in [2.24, 2.45) is 0 Å². The maximum Gasteiger partial charge on any atom is 0.227 e. The van der Waals surface area contributed by atoms with Crippen LogP contribution in [-0.4, -0.2) is 37.0 Å². The first-order valence-electron chi connectivity index (χ1n) is 8.78. The average Bonchev–Trinajstić information content (AvgIpc) is 2.68. The fourth-order valence-corrected chi connectivity index (χ4v) is 2.89. The van der Waals surface area contributed by atoms with Gasteiger partial charge in [-0.15, -0.1) is 0 Å². The maximum absolute atomic E-state index is 13.1. The average molecular weight is 362 g/mol. The molecule has 0 saturated carbocycles. The summed E-state index contributed by atoms with van der Waals surface area (Å²) < 4.78 is 38.4. The first-order chi connectivity index (χ1) is 12.5. The van der Waals surface area contributed by atoms with Crippen LogP contribution in [0.15, 0.2) is 48.5 Å². The summed E-state index contributed by atoms with van der Waals surface area (Å²) in [5.41, 5.74) is 1.75. The largest absolute Gasteiger partial charge is 0.333 e. The second-order valence-electron chi connectivity index (χ2n) is 6.47. The Morgan fingerprint density at radius 2 is 1.27 bits per heavy atom. The van der Waals surface area contributed by atoms with Crippen LogP contribution >= 0.6 is 0 Å². The van der Waals surface area contributed by atoms with Crippen molar-refractivity contribution in [1.29, 1.82) is 0 Å². The summed E-state index contributed by atoms with van der Waals surface area (Å²) in [5, 5.41) is 3.31. The van der Waals surface area contributed by atoms with Gasteiger partial charge in [0.15, 0.2) is 0 Å². The Balaban J connectivity index is 1.68. The zero-order valence-electron chi connectivity index (χ0n) is 14.9. The van der Waals surface area contributed by atoms with Crippen molar-refractivity contribution in [3.63, 3.8) is 0 Å². The lowest BCUT2D eigenvalue weighted by Gasteiger charge is -2.42. The molecule has 0 aliphatic carbocycles. The summed E-state index contributed by atoms with van der Waals surface area (Å²) >= 11 is 0. The molecule has 2 aromatic rings. The lowest BCUT2D eigenvalue weighted by molar-refractivity contribution is -0.319. The van der Waals surface area contributed by atoms with E-state index in [9.17, 15) is 8.78 Å². The van der Waals surface area contributed by atoms with Gasteiger partial charge in [0, 0.05) is 33.1 Å². The monoisotopic (exact) mass is 362 g/mol. The SMILES string of the molecule is CC(OCc1ccc(F)cc1)(OCc1ccc(F)cc1)N1CCNCC1. The van der Waals surface area contributed by atoms with Crippen molar-refractivity contribution >= 4 is 0 Å². The molecule has 0 radical (unpaired) electrons. The van der Waals surface area contributed by atoms with E-state index in [2.05, 4.69) is 10.2 Å². The van der Waals surface area contributed by atoms with Gasteiger partial charge in [0.05, 0.1) is 13.2 Å². The molecule has 26 heavy (non-hydrogen) atoms. The van der Waals surface area contributed by atoms with E-state index >= 15 is 0 Å². The fourth-order valence-electron chi connectivity index (χ4n) is 2.89. The number of nitrogens with zero attached hydrogens (tertiary/aromatic N) is 1. The molecule has 0 bridgehead atoms. The molecule has 1 saturated heterocycles. The van der Waals surface area contributed by atoms with Crippen LogP contribution in [0, 0.1) is 11.6 Å². The van der Waals surface area contributed by atoms with Gasteiger partial charge in [-0.05, 0) is 35.4 Å². The van der Waals surface area contributed by atoms with Crippen LogP contribution in [0.3, 0.4) is 0 Å². The highest BCUT2D eigenvalue weighted by molar-refractivity contribution is 5.16. The Kier molecular flexibility index (Phi) is 6.32. The maximum atomic E-state index is 13.1. The molecule has 4 nitrogen and oxygen atoms in total. The molecule has 1 fully saturated rings. The Morgan fingerprint density at radius 1 is 0.846 bits per heavy atom. The summed E-state index contributed by atoms with van der Waals surface area (Å²) in [6, 6.07) is 12.5. The third-order valence-corrected chi connectivity index (χ3v) is 4.53. The standard InChI is InChI=1S/C20H24F2N2O2/c1-20(24-12-10-23-11-13-24,25-14-16-2-6-18(21)7-3-16)26-15-17-4-8-19(22)9-5-17/h2-9,23H,10-15H2,1H3. The van der Waals surface area contributed by atoms with Gasteiger partial charge in [0.1, 0.15) is 11.6 Å². The number of hydrogen-bond donors (Lipinski definition) is 1. The lowest BCUT2D eigenvalue weighted by Crippen LogP contribution is -2.57. The molecule has 6 heteroatoms. The summed E-state index contributed by atoms with van der Waals surface area (Å²) in [6.45, 7) is 5.82. The zero-order chi connectivity index (χ0) is 18.4. The summed E-state index contributed by atoms with van der Waals surface area (Å²) in [5.74, 6) is -1.47. The zero-order valence-corrected chi connectivity index (χ0v) is 14.9. The molecule has 1 aliphatic rings. The van der Waals surface area contributed by atoms with E-state index in [0.29, 0.717) is 13.2 Å². The van der Waals surface area contributed by atoms with Crippen molar-refractivity contribution in [1.82, 2.24) is 10.2 Å². The number of rotatable bonds is 7. The third-order valence-electron chi connectivity index (χ3n) is 4.53. The number of nitrogens with one attached hydrogen (secondary N) is 1. The number of halogens is 2. The van der Waals surface area contributed by atoms with E-state index in [-0.39, 0.29) is 11.6 Å². The molecule has 1 N–H and O–H groups in total. The van der Waals surface area contributed by atoms with Gasteiger partial charge in [-0.1, -0.05) is 24.3 Å². The van der Waals surface area contributed by atoms with E-state index in [0.717, 1.165) is 37.3 Å². The number of ether oxygens (including phenoxy) is 2. The summed E-state index contributed by atoms with van der Waals surface area (Å²) in [7, 11) is 0. The molecular formula is C20H24F2N2O2. The van der Waals surface area contributed by atoms with Crippen molar-refractivity contribution < 1.29 is 18.3 Å². The molecule has 1 aliphatic heterocycles. The molecule has 1 heterocycles. The molecule has 0 spiro atoms. The minimum Gasteiger partial charge on any atom is -0.333 e. The Bertz CT molecular complexity index is 636. The van der Waals surface area contributed by atoms with Gasteiger partial charge in [0.25, 0.3) is 0 Å². The fraction of sp³-hybridized carbons (Fsp3) is 0.400. The van der Waals surface area contributed by atoms with E-state index in [1.807, 2.05) is 6.92 Å². The highest BCUT2D eigenvalue weighted by atomic mass is 19.1. The predicted molar refractivity (Wildman–Crippen MR) is 95.2 cm³/mol. The molecule has 140 valence electrons. The summed E-state index contributed by atoms with van der Waals surface area (Å²) in [6.07, 6.45) is 0. The molecule has 3 rings (SSSR count). The van der Waals surface area contributed by atoms with Crippen molar-refractivity contribution in [2.45, 2.75) is 26.0 Å². The van der Waals surface area contributed by atoms with Gasteiger partial charge >= 0.3 is 0 Å². The van der Waals surface area contributed by atoms with Gasteiger partial charge < -0.3 is 14.8 Å². The minimum atomic E-state index is -0.926. The van der Waals surface area contributed by atoms with E-state index in [1.54, 1.807) is 24.3 Å². The topological polar surface area (TPSA) is 33.7 Å². The van der Waals surface area contributed by atoms with Crippen LogP contribution in [0.5, 0.6) is 0 Å². The van der Waals surface area contributed by atoms with Crippen LogP contribution in [0.2, 0.25) is 0 Å². The second kappa shape index (κ2) is 8.68. The molecule has 0 unspecified atom stereocenters. The van der Waals surface area contributed by atoms with E-state index in [1.165, 1.54) is 24.3 Å². The van der Waals surface area contributed by atoms with Crippen LogP contribution in [0.25, 0.3) is 0 Å². The highest BCUT2D eigenvalue weighted by Gasteiger charge is 2.35. The first kappa shape index (κ1) is 18.9. The first-order valence-corrected chi connectivity index (χ1v) is 8.78. The van der Waals surface area contributed by atoms with Gasteiger partial charge in [0.2, 0.25) is 5.91 Å². The van der Waals surface area contributed by atoms with Gasteiger partial charge in [-0.25, -0.2) is 8.78 Å². The normalized spacial score (nSPS) is 16.0. The summed E-state index contributed by atoms with van der Waals surface area (Å²) in [4.78, 5) is 2.14. The molecule has 0 atom stereocenters. The van der Waals surface area contributed by atoms with Crippen LogP contribution in [0.4, 0.5) is 8.78 Å². The van der Waals surface area contributed by atoms with Crippen molar-refractivity contribution in [2.75, 3.05) is 26.2 Å². The van der Waals surface area contributed by atoms with E-state index in [4.69, 9.17) is 9.47 Å². The smallest absolute Gasteiger partial charge is 0.227 e. The Morgan fingerprint density at radius 3 is 1.69 bits per heavy atom. The van der Waals surface area contributed by atoms with Crippen molar-refractivity contribution in [3.05, 3.63) is 71.3 Å². The number of benzene rings is 2. The predicted octanol–water partition coefficient (Wildman–Crippen LogP) is 3.28. The van der Waals surface area contributed by atoms with Crippen LogP contribution in [-0.2, 0) is 22.7 Å². The number of piperazine rings is 1. The lowest BCUT2D eigenvalue weighted by atomic mass is 10.2. The third kappa shape index (κ3) is 5.08. The van der Waals surface area contributed by atoms with Gasteiger partial charge in [-0.3, -0.25) is 4.90 Å². The van der Waals surface area contributed by atoms with Crippen molar-refractivity contribution in [3.8, 4) is 0 Å². The molecule has 2 aromatic carbocycles. The van der Waals surface area contributed by atoms with Crippen LogP contribution < -0.4 is 5.32 Å². The molecule has 0 amide bonds. The van der Waals surface area contributed by atoms with Crippen LogP contribution in [0.1, 0.15) is 18.1 Å². The minimum absolute atomic E-state index is 0.272. The Hall–Kier alpha value is -1.86. The Labute approximate surface area is 152 Å². The quantitative estimate of drug-likeness (QED) is 0.767. The van der Waals surface area contributed by atoms with Gasteiger partial charge in [-0.2, -0.15) is 0 Å². The highest BCUT2D eigenvalue weighted by Crippen LogP contribution is 2.23. The second-order valence-corrected chi connectivity index (χ2v) is 6.47. The van der Waals surface area contributed by atoms with E-state index < -0.39 is 5.91 Å². The molecular weight excluding hydrogens is 338 g/mol.